The van der Waals surface area contributed by atoms with E-state index in [2.05, 4.69) is 15.0 Å². The summed E-state index contributed by atoms with van der Waals surface area (Å²) < 4.78 is 26.7. The highest BCUT2D eigenvalue weighted by Gasteiger charge is 2.11. The fourth-order valence-electron chi connectivity index (χ4n) is 2.57. The molecule has 0 atom stereocenters. The van der Waals surface area contributed by atoms with Gasteiger partial charge in [0.2, 0.25) is 27.7 Å². The van der Waals surface area contributed by atoms with E-state index in [1.165, 1.54) is 11.7 Å². The number of aryl methyl sites for hydroxylation is 1. The summed E-state index contributed by atoms with van der Waals surface area (Å²) in [5.41, 5.74) is 3.85. The third-order valence-corrected chi connectivity index (χ3v) is 5.30. The molecule has 0 amide bonds. The summed E-state index contributed by atoms with van der Waals surface area (Å²) in [5.74, 6) is 0.0467. The van der Waals surface area contributed by atoms with Gasteiger partial charge in [0, 0.05) is 34.8 Å². The van der Waals surface area contributed by atoms with Gasteiger partial charge in [-0.15, -0.1) is 0 Å². The van der Waals surface area contributed by atoms with E-state index in [4.69, 9.17) is 0 Å². The molecule has 0 aliphatic carbocycles. The van der Waals surface area contributed by atoms with Crippen LogP contribution in [0.1, 0.15) is 5.56 Å². The van der Waals surface area contributed by atoms with Gasteiger partial charge in [-0.05, 0) is 41.4 Å². The van der Waals surface area contributed by atoms with E-state index in [1.54, 1.807) is 12.4 Å². The molecule has 3 rings (SSSR count). The van der Waals surface area contributed by atoms with Crippen molar-refractivity contribution in [3.05, 3.63) is 59.4 Å². The number of rotatable bonds is 6. The second kappa shape index (κ2) is 6.50. The van der Waals surface area contributed by atoms with Crippen LogP contribution in [0, 0.1) is 4.91 Å². The van der Waals surface area contributed by atoms with Crippen molar-refractivity contribution in [2.45, 2.75) is 6.42 Å². The van der Waals surface area contributed by atoms with E-state index in [9.17, 15) is 13.3 Å². The Bertz CT molecular complexity index is 978. The van der Waals surface area contributed by atoms with Crippen LogP contribution in [-0.4, -0.2) is 26.2 Å². The fourth-order valence-corrected chi connectivity index (χ4v) is 3.28. The summed E-state index contributed by atoms with van der Waals surface area (Å²) in [5, 5.41) is 3.83. The minimum absolute atomic E-state index is 0.0467. The Balaban J connectivity index is 1.95. The Kier molecular flexibility index (Phi) is 4.41. The third kappa shape index (κ3) is 3.34. The average Bonchev–Trinajstić information content (AvgIpc) is 3.03. The predicted molar refractivity (Wildman–Crippen MR) is 91.7 cm³/mol. The van der Waals surface area contributed by atoms with Crippen LogP contribution in [0.4, 0.5) is 0 Å². The van der Waals surface area contributed by atoms with Crippen LogP contribution in [0.2, 0.25) is 0 Å². The van der Waals surface area contributed by atoms with Gasteiger partial charge in [0.05, 0.1) is 5.75 Å². The second-order valence-corrected chi connectivity index (χ2v) is 7.45. The molecule has 0 bridgehead atoms. The monoisotopic (exact) mass is 345 g/mol. The number of benzene rings is 1. The Morgan fingerprint density at radius 3 is 2.62 bits per heavy atom. The first kappa shape index (κ1) is 16.3. The van der Waals surface area contributed by atoms with Crippen molar-refractivity contribution < 1.29 is 13.1 Å². The second-order valence-electron chi connectivity index (χ2n) is 5.40. The Hall–Kier alpha value is -2.58. The topological polar surface area (TPSA) is 95.3 Å². The summed E-state index contributed by atoms with van der Waals surface area (Å²) in [6.07, 6.45) is 5.51. The van der Waals surface area contributed by atoms with Crippen LogP contribution in [0.25, 0.3) is 22.0 Å². The number of H-pyrrole nitrogens is 1. The molecule has 0 fully saturated rings. The summed E-state index contributed by atoms with van der Waals surface area (Å²) in [4.78, 5) is 13.7. The number of hydrogen-bond acceptors (Lipinski definition) is 4. The van der Waals surface area contributed by atoms with Crippen molar-refractivity contribution in [1.29, 1.82) is 0 Å². The first-order chi connectivity index (χ1) is 11.5. The van der Waals surface area contributed by atoms with Crippen molar-refractivity contribution in [1.82, 2.24) is 9.71 Å². The maximum absolute atomic E-state index is 11.6. The first-order valence-corrected chi connectivity index (χ1v) is 9.04. The average molecular weight is 345 g/mol. The zero-order valence-corrected chi connectivity index (χ0v) is 13.9. The van der Waals surface area contributed by atoms with Gasteiger partial charge in [0.25, 0.3) is 0 Å². The van der Waals surface area contributed by atoms with Gasteiger partial charge in [-0.25, -0.2) is 13.1 Å². The molecule has 24 heavy (non-hydrogen) atoms. The standard InChI is InChI=1S/C16H16N4O3S/c1-17-24(22,23)9-6-12-2-3-16-14(10-12)15(11-18-16)13-4-7-20(19-21)8-5-13/h2-5,7-8,10-11,17H,6,9H2,1H3/p+1. The van der Waals surface area contributed by atoms with Crippen LogP contribution in [0.5, 0.6) is 0 Å². The Morgan fingerprint density at radius 1 is 1.21 bits per heavy atom. The van der Waals surface area contributed by atoms with E-state index < -0.39 is 10.0 Å². The molecule has 2 aromatic heterocycles. The van der Waals surface area contributed by atoms with Gasteiger partial charge >= 0.3 is 0 Å². The molecule has 0 unspecified atom stereocenters. The van der Waals surface area contributed by atoms with Gasteiger partial charge in [-0.3, -0.25) is 0 Å². The number of sulfonamides is 1. The van der Waals surface area contributed by atoms with Crippen LogP contribution in [-0.2, 0) is 16.4 Å². The molecular formula is C16H17N4O3S+. The lowest BCUT2D eigenvalue weighted by Gasteiger charge is -2.04. The number of nitrogens with zero attached hydrogens (tertiary/aromatic N) is 2. The fraction of sp³-hybridized carbons (Fsp3) is 0.188. The normalized spacial score (nSPS) is 11.7. The van der Waals surface area contributed by atoms with E-state index in [1.807, 2.05) is 36.5 Å². The van der Waals surface area contributed by atoms with Gasteiger partial charge in [0.1, 0.15) is 0 Å². The van der Waals surface area contributed by atoms with Gasteiger partial charge in [0.15, 0.2) is 0 Å². The smallest absolute Gasteiger partial charge is 0.245 e. The lowest BCUT2D eigenvalue weighted by atomic mass is 10.0. The molecule has 3 aromatic rings. The molecule has 0 aliphatic heterocycles. The van der Waals surface area contributed by atoms with E-state index in [0.29, 0.717) is 6.42 Å². The number of aromatic amines is 1. The van der Waals surface area contributed by atoms with Crippen LogP contribution >= 0.6 is 0 Å². The maximum atomic E-state index is 11.6. The molecule has 2 N–H and O–H groups in total. The maximum Gasteiger partial charge on any atom is 0.245 e. The molecule has 124 valence electrons. The SMILES string of the molecule is CNS(=O)(=O)CCc1ccc2[nH]cc(-c3cc[n+](N=O)cc3)c2c1. The Morgan fingerprint density at radius 2 is 1.96 bits per heavy atom. The zero-order chi connectivity index (χ0) is 17.2. The summed E-state index contributed by atoms with van der Waals surface area (Å²) in [7, 11) is -1.81. The molecule has 8 heteroatoms. The highest BCUT2D eigenvalue weighted by atomic mass is 32.2. The number of hydrogen-bond donors (Lipinski definition) is 2. The van der Waals surface area contributed by atoms with Crippen molar-refractivity contribution in [3.8, 4) is 11.1 Å². The van der Waals surface area contributed by atoms with Gasteiger partial charge in [-0.2, -0.15) is 0 Å². The Labute approximate surface area is 139 Å². The summed E-state index contributed by atoms with van der Waals surface area (Å²) in [6.45, 7) is 0. The van der Waals surface area contributed by atoms with Gasteiger partial charge < -0.3 is 4.98 Å². The highest BCUT2D eigenvalue weighted by Crippen LogP contribution is 2.29. The molecule has 7 nitrogen and oxygen atoms in total. The highest BCUT2D eigenvalue weighted by molar-refractivity contribution is 7.89. The van der Waals surface area contributed by atoms with Crippen molar-refractivity contribution in [2.75, 3.05) is 12.8 Å². The van der Waals surface area contributed by atoms with Crippen molar-refractivity contribution in [2.24, 2.45) is 5.29 Å². The number of nitroso groups, excluding NO2 is 1. The van der Waals surface area contributed by atoms with Crippen LogP contribution < -0.4 is 9.40 Å². The van der Waals surface area contributed by atoms with E-state index in [0.717, 1.165) is 27.6 Å². The van der Waals surface area contributed by atoms with Crippen molar-refractivity contribution in [3.63, 3.8) is 0 Å². The molecule has 0 radical (unpaired) electrons. The molecule has 0 saturated heterocycles. The molecule has 2 heterocycles. The quantitative estimate of drug-likeness (QED) is 0.526. The molecule has 0 saturated carbocycles. The lowest BCUT2D eigenvalue weighted by molar-refractivity contribution is -0.681. The van der Waals surface area contributed by atoms with Crippen LogP contribution in [0.15, 0.2) is 54.2 Å². The number of fused-ring (bicyclic) bond motifs is 1. The first-order valence-electron chi connectivity index (χ1n) is 7.39. The minimum Gasteiger partial charge on any atom is -0.361 e. The minimum atomic E-state index is -3.23. The number of aromatic nitrogens is 2. The van der Waals surface area contributed by atoms with Gasteiger partial charge in [-0.1, -0.05) is 11.0 Å². The number of nitrogens with one attached hydrogen (secondary N) is 2. The zero-order valence-electron chi connectivity index (χ0n) is 13.1. The van der Waals surface area contributed by atoms with E-state index in [-0.39, 0.29) is 5.75 Å². The van der Waals surface area contributed by atoms with Crippen molar-refractivity contribution >= 4 is 20.9 Å². The molecule has 1 aromatic carbocycles. The third-order valence-electron chi connectivity index (χ3n) is 3.94. The van der Waals surface area contributed by atoms with E-state index >= 15 is 0 Å². The largest absolute Gasteiger partial charge is 0.361 e. The summed E-state index contributed by atoms with van der Waals surface area (Å²) in [6, 6.07) is 9.47. The predicted octanol–water partition coefficient (Wildman–Crippen LogP) is 1.74. The van der Waals surface area contributed by atoms with Crippen LogP contribution in [0.3, 0.4) is 0 Å². The molecule has 0 aliphatic rings. The lowest BCUT2D eigenvalue weighted by Crippen LogP contribution is -2.24. The molecular weight excluding hydrogens is 328 g/mol. The number of pyridine rings is 1. The molecule has 0 spiro atoms. The summed E-state index contributed by atoms with van der Waals surface area (Å²) >= 11 is 0.